The van der Waals surface area contributed by atoms with E-state index in [4.69, 9.17) is 30.8 Å². The molecule has 9 heterocycles. The molecule has 2 N–H and O–H groups in total. The highest BCUT2D eigenvalue weighted by Crippen LogP contribution is 2.61. The van der Waals surface area contributed by atoms with Gasteiger partial charge in [0, 0.05) is 74.2 Å². The standard InChI is InChI=1S/C32H41ClF3N7O6S.C27H32F3N7O4S/c1-29(2,3)49-28(45)42-20-21(19-30(42,4)5)7-6-15-41-16-11-25(39-41)50(46,47)40-27(44)22-8-9-23(37-26(22)33)43-17-10-24(38-43)48-18-14-31(12-13-31)32(34,35)36;1-25(2)16-18-4-3-12-35-13-8-22(33-35)42(39,40)34-24(38)19-5-6-20(31-23(19)36(25)17-18)37-14-7-21(32-37)41-15-11-26(9-10-26)27(28,29)30/h8-11,16-17,21H,6-7,12-15,18-20H2,1-5H3,(H,40,44);5-8,13-14,18H,3-4,9-12,15-17H2,1-2H3,(H,34,38). The number of amides is 3. The first kappa shape index (κ1) is 67.4. The van der Waals surface area contributed by atoms with Gasteiger partial charge >= 0.3 is 18.4 Å². The largest absolute Gasteiger partial charge is 0.477 e. The third-order valence-electron chi connectivity index (χ3n) is 17.4. The van der Waals surface area contributed by atoms with Crippen LogP contribution in [0.2, 0.25) is 5.15 Å². The van der Waals surface area contributed by atoms with E-state index in [-0.39, 0.29) is 119 Å². The molecule has 2 atom stereocenters. The highest BCUT2D eigenvalue weighted by atomic mass is 35.5. The van der Waals surface area contributed by atoms with Crippen LogP contribution in [0.1, 0.15) is 146 Å². The topological polar surface area (TPSA) is 275 Å². The van der Waals surface area contributed by atoms with E-state index < -0.39 is 60.6 Å². The number of hydrogen-bond donors (Lipinski definition) is 2. The van der Waals surface area contributed by atoms with Gasteiger partial charge in [-0.3, -0.25) is 19.0 Å². The second-order valence-corrected chi connectivity index (χ2v) is 30.1. The lowest BCUT2D eigenvalue weighted by Gasteiger charge is -2.34. The van der Waals surface area contributed by atoms with Gasteiger partial charge in [-0.05, 0) is 174 Å². The van der Waals surface area contributed by atoms with Crippen molar-refractivity contribution < 1.29 is 71.8 Å². The van der Waals surface area contributed by atoms with E-state index in [0.29, 0.717) is 50.2 Å². The molecule has 24 nitrogen and oxygen atoms in total. The van der Waals surface area contributed by atoms with Crippen molar-refractivity contribution >= 4 is 55.4 Å². The SMILES string of the molecule is CC(C)(C)OC(=O)N1CC(CCCn2ccc(S(=O)(=O)NC(=O)c3ccc(-n4ccc(OCCC5(C(F)(F)F)CC5)n4)nc3Cl)n2)CC1(C)C.CC1(C)CC2CCCn3ccc(n3)S(=O)(=O)NC(=O)c3ccc(-n4ccc(OCCC5(C(F)(F)F)CC5)n4)nc3N1C2. The molecule has 33 heteroatoms. The van der Waals surface area contributed by atoms with Crippen LogP contribution in [0.3, 0.4) is 0 Å². The Morgan fingerprint density at radius 1 is 0.761 bits per heavy atom. The molecule has 3 amide bonds. The van der Waals surface area contributed by atoms with Crippen LogP contribution in [0.4, 0.5) is 37.0 Å². The number of aromatic nitrogens is 10. The Balaban J connectivity index is 0.000000204. The van der Waals surface area contributed by atoms with Gasteiger partial charge in [-0.1, -0.05) is 11.6 Å². The molecular formula is C59H73ClF6N14O10S2. The van der Waals surface area contributed by atoms with Gasteiger partial charge < -0.3 is 24.0 Å². The molecule has 4 fully saturated rings. The molecule has 5 aliphatic rings. The molecule has 6 aromatic heterocycles. The van der Waals surface area contributed by atoms with Crippen LogP contribution in [0.15, 0.2) is 83.4 Å². The molecule has 4 bridgehead atoms. The van der Waals surface area contributed by atoms with Crippen molar-refractivity contribution in [2.24, 2.45) is 22.7 Å². The molecule has 2 saturated heterocycles. The Kier molecular flexibility index (Phi) is 18.4. The van der Waals surface area contributed by atoms with Gasteiger partial charge in [0.05, 0.1) is 35.2 Å². The Morgan fingerprint density at radius 3 is 1.96 bits per heavy atom. The summed E-state index contributed by atoms with van der Waals surface area (Å²) in [4.78, 5) is 51.7. The highest BCUT2D eigenvalue weighted by molar-refractivity contribution is 7.90. The number of sulfonamides is 2. The van der Waals surface area contributed by atoms with Crippen LogP contribution in [-0.2, 0) is 37.9 Å². The van der Waals surface area contributed by atoms with Gasteiger partial charge in [0.1, 0.15) is 16.6 Å². The van der Waals surface area contributed by atoms with Crippen molar-refractivity contribution in [2.45, 2.75) is 178 Å². The number of fused-ring (bicyclic) bond motifs is 6. The zero-order valence-electron chi connectivity index (χ0n) is 51.7. The number of likely N-dealkylation sites (tertiary alicyclic amines) is 1. The van der Waals surface area contributed by atoms with E-state index in [1.54, 1.807) is 22.0 Å². The normalized spacial score (nSPS) is 20.4. The third-order valence-corrected chi connectivity index (χ3v) is 20.1. The van der Waals surface area contributed by atoms with Crippen molar-refractivity contribution in [3.05, 3.63) is 89.6 Å². The summed E-state index contributed by atoms with van der Waals surface area (Å²) < 4.78 is 157. The smallest absolute Gasteiger partial charge is 0.410 e. The number of alkyl halides is 6. The Bertz CT molecular complexity index is 3950. The summed E-state index contributed by atoms with van der Waals surface area (Å²) in [6.45, 7) is 15.5. The maximum atomic E-state index is 13.4. The highest BCUT2D eigenvalue weighted by Gasteiger charge is 2.63. The van der Waals surface area contributed by atoms with Crippen LogP contribution in [0.5, 0.6) is 11.8 Å². The first-order chi connectivity index (χ1) is 42.9. The van der Waals surface area contributed by atoms with E-state index in [1.165, 1.54) is 75.0 Å². The maximum absolute atomic E-state index is 13.4. The lowest BCUT2D eigenvalue weighted by molar-refractivity contribution is -0.190. The van der Waals surface area contributed by atoms with Gasteiger partial charge in [-0.15, -0.1) is 10.2 Å². The molecular weight excluding hydrogens is 1280 g/mol. The van der Waals surface area contributed by atoms with Crippen LogP contribution in [-0.4, -0.2) is 144 Å². The molecule has 2 aliphatic carbocycles. The molecule has 0 aromatic carbocycles. The fraction of sp³-hybridized carbons (Fsp3) is 0.576. The molecule has 0 spiro atoms. The molecule has 0 radical (unpaired) electrons. The fourth-order valence-corrected chi connectivity index (χ4v) is 14.0. The van der Waals surface area contributed by atoms with Crippen LogP contribution >= 0.6 is 11.6 Å². The summed E-state index contributed by atoms with van der Waals surface area (Å²) in [6, 6.07) is 11.3. The summed E-state index contributed by atoms with van der Waals surface area (Å²) >= 11 is 6.23. The predicted octanol–water partition coefficient (Wildman–Crippen LogP) is 10.3. The summed E-state index contributed by atoms with van der Waals surface area (Å²) in [6.07, 6.45) is 2.19. The number of carbonyl (C=O) groups excluding carboxylic acids is 3. The second kappa shape index (κ2) is 25.1. The third kappa shape index (κ3) is 15.3. The summed E-state index contributed by atoms with van der Waals surface area (Å²) in [5, 5.41) is 15.8. The number of nitrogens with one attached hydrogen (secondary N) is 2. The minimum Gasteiger partial charge on any atom is -0.477 e. The predicted molar refractivity (Wildman–Crippen MR) is 320 cm³/mol. The number of anilines is 1. The van der Waals surface area contributed by atoms with Crippen LogP contribution < -0.4 is 23.8 Å². The number of aryl methyl sites for hydroxylation is 2. The first-order valence-corrected chi connectivity index (χ1v) is 33.5. The number of nitrogens with zero attached hydrogens (tertiary/aromatic N) is 12. The summed E-state index contributed by atoms with van der Waals surface area (Å²) in [7, 11) is -8.58. The van der Waals surface area contributed by atoms with Crippen molar-refractivity contribution in [3.8, 4) is 23.4 Å². The average molecular weight is 1350 g/mol. The second-order valence-electron chi connectivity index (χ2n) is 26.5. The summed E-state index contributed by atoms with van der Waals surface area (Å²) in [5.41, 5.74) is -4.79. The van der Waals surface area contributed by atoms with Gasteiger partial charge in [-0.25, -0.2) is 33.6 Å². The van der Waals surface area contributed by atoms with Crippen LogP contribution in [0, 0.1) is 22.7 Å². The van der Waals surface area contributed by atoms with Crippen molar-refractivity contribution in [2.75, 3.05) is 31.2 Å². The number of ether oxygens (including phenoxy) is 3. The molecule has 2 saturated carbocycles. The van der Waals surface area contributed by atoms with Gasteiger partial charge in [0.2, 0.25) is 11.8 Å². The van der Waals surface area contributed by atoms with E-state index >= 15 is 0 Å². The Labute approximate surface area is 532 Å². The van der Waals surface area contributed by atoms with E-state index in [1.807, 2.05) is 44.2 Å². The minimum absolute atomic E-state index is 0.0815. The van der Waals surface area contributed by atoms with E-state index in [9.17, 15) is 57.6 Å². The molecule has 500 valence electrons. The molecule has 6 aromatic rings. The van der Waals surface area contributed by atoms with Crippen LogP contribution in [0.25, 0.3) is 11.6 Å². The number of rotatable bonds is 17. The van der Waals surface area contributed by atoms with E-state index in [2.05, 4.69) is 43.9 Å². The number of halogens is 7. The first-order valence-electron chi connectivity index (χ1n) is 30.1. The fourth-order valence-electron chi connectivity index (χ4n) is 12.0. The Hall–Kier alpha value is -7.48. The number of carbonyl (C=O) groups is 3. The van der Waals surface area contributed by atoms with Crippen molar-refractivity contribution in [1.29, 1.82) is 0 Å². The lowest BCUT2D eigenvalue weighted by Crippen LogP contribution is -2.45. The maximum Gasteiger partial charge on any atom is 0.410 e. The lowest BCUT2D eigenvalue weighted by atomic mass is 9.93. The number of hydrogen-bond acceptors (Lipinski definition) is 17. The monoisotopic (exact) mass is 1350 g/mol. The summed E-state index contributed by atoms with van der Waals surface area (Å²) in [5.74, 6) is -0.240. The van der Waals surface area contributed by atoms with Crippen molar-refractivity contribution in [1.82, 2.24) is 63.4 Å². The van der Waals surface area contributed by atoms with Crippen molar-refractivity contribution in [3.63, 3.8) is 0 Å². The Morgan fingerprint density at radius 2 is 1.37 bits per heavy atom. The minimum atomic E-state index is -4.36. The zero-order chi connectivity index (χ0) is 66.6. The quantitative estimate of drug-likeness (QED) is 0.0634. The average Bonchev–Trinajstić information content (AvgIpc) is 1.56. The van der Waals surface area contributed by atoms with Gasteiger partial charge in [0.15, 0.2) is 21.7 Å². The number of pyridine rings is 2. The molecule has 11 rings (SSSR count). The molecule has 92 heavy (non-hydrogen) atoms. The molecule has 2 unspecified atom stereocenters. The van der Waals surface area contributed by atoms with Gasteiger partial charge in [0.25, 0.3) is 31.9 Å². The zero-order valence-corrected chi connectivity index (χ0v) is 54.1. The molecule has 3 aliphatic heterocycles. The van der Waals surface area contributed by atoms with E-state index in [0.717, 1.165) is 32.1 Å². The van der Waals surface area contributed by atoms with Gasteiger partial charge in [-0.2, -0.15) is 53.4 Å².